The molecule has 2 N–H and O–H groups in total. The minimum Gasteiger partial charge on any atom is -0.478 e. The summed E-state index contributed by atoms with van der Waals surface area (Å²) in [6, 6.07) is 3.54. The number of nitrogens with zero attached hydrogens (tertiary/aromatic N) is 1. The molecule has 0 aliphatic rings. The summed E-state index contributed by atoms with van der Waals surface area (Å²) in [7, 11) is 0. The number of carboxylic acids is 2. The second-order valence-corrected chi connectivity index (χ2v) is 6.11. The minimum absolute atomic E-state index is 0.00114. The highest BCUT2D eigenvalue weighted by molar-refractivity contribution is 5.99. The first-order valence-corrected chi connectivity index (χ1v) is 8.67. The summed E-state index contributed by atoms with van der Waals surface area (Å²) in [5.74, 6) is -2.88. The summed E-state index contributed by atoms with van der Waals surface area (Å²) < 4.78 is 0.00114. The number of hydrogen-bond donors (Lipinski definition) is 2. The number of benzene rings is 1. The molecule has 0 saturated heterocycles. The molecule has 1 aromatic rings. The van der Waals surface area contributed by atoms with Crippen molar-refractivity contribution in [2.75, 3.05) is 19.6 Å². The molecule has 1 rings (SSSR count). The zero-order chi connectivity index (χ0) is 20.4. The highest BCUT2D eigenvalue weighted by atomic mass is 16.4. The van der Waals surface area contributed by atoms with E-state index in [1.54, 1.807) is 0 Å². The van der Waals surface area contributed by atoms with Gasteiger partial charge in [0.2, 0.25) is 0 Å². The van der Waals surface area contributed by atoms with Gasteiger partial charge in [0.25, 0.3) is 0 Å². The number of rotatable bonds is 9. The average molecular weight is 372 g/mol. The number of carboxylic acid groups (broad SMARTS) is 2. The second kappa shape index (κ2) is 10.2. The molecule has 0 fully saturated rings. The number of quaternary nitrogens is 1. The molecule has 0 radical (unpaired) electrons. The van der Waals surface area contributed by atoms with Crippen LogP contribution in [0.3, 0.4) is 0 Å². The van der Waals surface area contributed by atoms with Crippen LogP contribution in [0.1, 0.15) is 51.8 Å². The largest absolute Gasteiger partial charge is 0.478 e. The van der Waals surface area contributed by atoms with E-state index in [0.29, 0.717) is 19.6 Å². The molecular weight excluding hydrogens is 346 g/mol. The number of allylic oxidation sites excluding steroid dienone is 3. The molecule has 0 atom stereocenters. The van der Waals surface area contributed by atoms with Crippen molar-refractivity contribution in [3.8, 4) is 0 Å². The molecule has 0 bridgehead atoms. The summed E-state index contributed by atoms with van der Waals surface area (Å²) in [4.78, 5) is 36.2. The molecule has 0 aliphatic heterocycles. The normalized spacial score (nSPS) is 14.0. The predicted octanol–water partition coefficient (Wildman–Crippen LogP) is 3.77. The fourth-order valence-corrected chi connectivity index (χ4v) is 2.67. The van der Waals surface area contributed by atoms with Gasteiger partial charge in [0.15, 0.2) is 0 Å². The third-order valence-corrected chi connectivity index (χ3v) is 4.18. The first kappa shape index (κ1) is 22.1. The Morgan fingerprint density at radius 3 is 1.37 bits per heavy atom. The number of amides is 1. The number of hydrogen-bond acceptors (Lipinski definition) is 3. The smallest absolute Gasteiger partial charge is 0.346 e. The molecular formula is C21H26NO5+. The van der Waals surface area contributed by atoms with Gasteiger partial charge in [-0.15, -0.1) is 0 Å². The van der Waals surface area contributed by atoms with E-state index in [-0.39, 0.29) is 27.1 Å². The third kappa shape index (κ3) is 5.76. The van der Waals surface area contributed by atoms with E-state index in [1.165, 1.54) is 12.1 Å². The Hall–Kier alpha value is -2.99. The zero-order valence-electron chi connectivity index (χ0n) is 15.9. The highest BCUT2D eigenvalue weighted by Gasteiger charge is 2.35. The van der Waals surface area contributed by atoms with Crippen LogP contribution < -0.4 is 0 Å². The molecule has 0 aliphatic carbocycles. The molecule has 6 nitrogen and oxygen atoms in total. The Kier molecular flexibility index (Phi) is 8.35. The summed E-state index contributed by atoms with van der Waals surface area (Å²) >= 11 is 0. The van der Waals surface area contributed by atoms with Crippen molar-refractivity contribution in [2.24, 2.45) is 0 Å². The summed E-state index contributed by atoms with van der Waals surface area (Å²) in [5, 5.41) is 18.6. The number of carbonyl (C=O) groups excluding carboxylic acids is 1. The lowest BCUT2D eigenvalue weighted by Gasteiger charge is -2.33. The van der Waals surface area contributed by atoms with E-state index in [4.69, 9.17) is 0 Å². The van der Waals surface area contributed by atoms with Crippen LogP contribution in [0.2, 0.25) is 0 Å². The van der Waals surface area contributed by atoms with Crippen molar-refractivity contribution in [1.29, 1.82) is 0 Å². The number of carbonyl (C=O) groups is 3. The lowest BCUT2D eigenvalue weighted by Crippen LogP contribution is -2.53. The first-order chi connectivity index (χ1) is 12.8. The van der Waals surface area contributed by atoms with Crippen LogP contribution in [0.4, 0.5) is 0 Å². The van der Waals surface area contributed by atoms with Gasteiger partial charge in [-0.25, -0.2) is 18.9 Å². The van der Waals surface area contributed by atoms with Crippen molar-refractivity contribution in [1.82, 2.24) is 0 Å². The zero-order valence-corrected chi connectivity index (χ0v) is 15.9. The van der Waals surface area contributed by atoms with Gasteiger partial charge in [-0.2, -0.15) is 0 Å². The summed E-state index contributed by atoms with van der Waals surface area (Å²) in [6.45, 7) is 6.80. The Morgan fingerprint density at radius 1 is 0.741 bits per heavy atom. The Morgan fingerprint density at radius 2 is 1.07 bits per heavy atom. The van der Waals surface area contributed by atoms with Gasteiger partial charge in [0.05, 0.1) is 16.7 Å². The van der Waals surface area contributed by atoms with Crippen LogP contribution in [0.25, 0.3) is 0 Å². The predicted molar refractivity (Wildman–Crippen MR) is 104 cm³/mol. The molecule has 1 amide bonds. The SMILES string of the molecule is CC=CC[N+](CC=CC)(CC=CC)C(=O)c1cc(C(=O)O)cc(C(=O)O)c1. The van der Waals surface area contributed by atoms with Crippen LogP contribution in [-0.4, -0.2) is 52.2 Å². The molecule has 1 aromatic carbocycles. The molecule has 0 unspecified atom stereocenters. The fourth-order valence-electron chi connectivity index (χ4n) is 2.67. The van der Waals surface area contributed by atoms with Crippen LogP contribution in [0, 0.1) is 0 Å². The van der Waals surface area contributed by atoms with Gasteiger partial charge < -0.3 is 10.2 Å². The molecule has 27 heavy (non-hydrogen) atoms. The standard InChI is InChI=1S/C21H25NO5/c1-4-7-10-22(11-8-5-2,12-9-6-3)19(23)16-13-17(20(24)25)15-18(14-16)21(26)27/h4-9,13-15H,10-12H2,1-3H3,(H-,24,25,26,27)/p+1. The minimum atomic E-state index is -1.28. The Balaban J connectivity index is 3.58. The second-order valence-electron chi connectivity index (χ2n) is 6.11. The highest BCUT2D eigenvalue weighted by Crippen LogP contribution is 2.20. The topological polar surface area (TPSA) is 91.7 Å². The van der Waals surface area contributed by atoms with Crippen LogP contribution in [-0.2, 0) is 0 Å². The summed E-state index contributed by atoms with van der Waals surface area (Å²) in [5.41, 5.74) is -0.371. The van der Waals surface area contributed by atoms with Gasteiger partial charge in [0, 0.05) is 0 Å². The maximum atomic E-state index is 13.4. The maximum absolute atomic E-state index is 13.4. The van der Waals surface area contributed by atoms with Crippen molar-refractivity contribution in [2.45, 2.75) is 20.8 Å². The Bertz CT molecular complexity index is 721. The van der Waals surface area contributed by atoms with Crippen molar-refractivity contribution in [3.63, 3.8) is 0 Å². The third-order valence-electron chi connectivity index (χ3n) is 4.18. The molecule has 144 valence electrons. The molecule has 6 heteroatoms. The molecule has 0 heterocycles. The van der Waals surface area contributed by atoms with Crippen molar-refractivity contribution < 1.29 is 29.1 Å². The van der Waals surface area contributed by atoms with E-state index in [0.717, 1.165) is 6.07 Å². The maximum Gasteiger partial charge on any atom is 0.346 e. The average Bonchev–Trinajstić information content (AvgIpc) is 2.66. The van der Waals surface area contributed by atoms with Gasteiger partial charge in [-0.3, -0.25) is 0 Å². The molecule has 0 saturated carbocycles. The summed E-state index contributed by atoms with van der Waals surface area (Å²) in [6.07, 6.45) is 11.2. The van der Waals surface area contributed by atoms with Crippen LogP contribution in [0.5, 0.6) is 0 Å². The monoisotopic (exact) mass is 372 g/mol. The van der Waals surface area contributed by atoms with E-state index in [1.807, 2.05) is 57.2 Å². The van der Waals surface area contributed by atoms with Gasteiger partial charge in [-0.1, -0.05) is 18.2 Å². The van der Waals surface area contributed by atoms with Crippen LogP contribution >= 0.6 is 0 Å². The van der Waals surface area contributed by atoms with E-state index >= 15 is 0 Å². The lowest BCUT2D eigenvalue weighted by atomic mass is 10.0. The lowest BCUT2D eigenvalue weighted by molar-refractivity contribution is -0.831. The van der Waals surface area contributed by atoms with E-state index in [2.05, 4.69) is 0 Å². The van der Waals surface area contributed by atoms with Crippen molar-refractivity contribution >= 4 is 17.8 Å². The van der Waals surface area contributed by atoms with Gasteiger partial charge in [-0.05, 0) is 57.2 Å². The quantitative estimate of drug-likeness (QED) is 0.508. The number of aromatic carboxylic acids is 2. The molecule has 0 spiro atoms. The first-order valence-electron chi connectivity index (χ1n) is 8.67. The van der Waals surface area contributed by atoms with Crippen molar-refractivity contribution in [3.05, 3.63) is 71.3 Å². The van der Waals surface area contributed by atoms with Crippen LogP contribution in [0.15, 0.2) is 54.7 Å². The Labute approximate surface area is 159 Å². The fraction of sp³-hybridized carbons (Fsp3) is 0.286. The van der Waals surface area contributed by atoms with E-state index in [9.17, 15) is 24.6 Å². The van der Waals surface area contributed by atoms with E-state index < -0.39 is 11.9 Å². The van der Waals surface area contributed by atoms with Gasteiger partial charge in [0.1, 0.15) is 19.6 Å². The van der Waals surface area contributed by atoms with Gasteiger partial charge >= 0.3 is 17.8 Å². The molecule has 0 aromatic heterocycles.